The van der Waals surface area contributed by atoms with E-state index < -0.39 is 5.97 Å². The fraction of sp³-hybridized carbons (Fsp3) is 0.467. The molecular formula is C15H18N4O3. The molecule has 2 aromatic heterocycles. The maximum absolute atomic E-state index is 12.4. The van der Waals surface area contributed by atoms with Crippen molar-refractivity contribution in [3.8, 4) is 0 Å². The van der Waals surface area contributed by atoms with Gasteiger partial charge in [-0.15, -0.1) is 0 Å². The van der Waals surface area contributed by atoms with E-state index in [2.05, 4.69) is 15.4 Å². The molecule has 0 saturated heterocycles. The van der Waals surface area contributed by atoms with E-state index >= 15 is 0 Å². The number of aliphatic carboxylic acids is 1. The summed E-state index contributed by atoms with van der Waals surface area (Å²) in [4.78, 5) is 27.6. The molecule has 0 aromatic carbocycles. The summed E-state index contributed by atoms with van der Waals surface area (Å²) < 4.78 is 1.65. The minimum Gasteiger partial charge on any atom is -0.481 e. The highest BCUT2D eigenvalue weighted by atomic mass is 16.4. The number of aromatic nitrogens is 3. The molecular weight excluding hydrogens is 284 g/mol. The molecule has 0 spiro atoms. The van der Waals surface area contributed by atoms with Crippen LogP contribution in [0, 0.1) is 19.8 Å². The lowest BCUT2D eigenvalue weighted by atomic mass is 10.1. The summed E-state index contributed by atoms with van der Waals surface area (Å²) in [6, 6.07) is 1.76. The van der Waals surface area contributed by atoms with E-state index in [0.29, 0.717) is 30.5 Å². The molecule has 1 aliphatic rings. The van der Waals surface area contributed by atoms with Gasteiger partial charge in [-0.05, 0) is 33.1 Å². The molecule has 2 heterocycles. The molecule has 7 heteroatoms. The van der Waals surface area contributed by atoms with Crippen LogP contribution in [0.4, 0.5) is 0 Å². The van der Waals surface area contributed by atoms with Gasteiger partial charge in [-0.1, -0.05) is 0 Å². The van der Waals surface area contributed by atoms with E-state index in [4.69, 9.17) is 5.11 Å². The van der Waals surface area contributed by atoms with Gasteiger partial charge in [0.05, 0.1) is 22.9 Å². The van der Waals surface area contributed by atoms with Crippen LogP contribution in [-0.2, 0) is 4.79 Å². The van der Waals surface area contributed by atoms with Crippen molar-refractivity contribution in [3.63, 3.8) is 0 Å². The zero-order valence-corrected chi connectivity index (χ0v) is 12.5. The third kappa shape index (κ3) is 2.54. The quantitative estimate of drug-likeness (QED) is 0.891. The third-order valence-electron chi connectivity index (χ3n) is 4.21. The van der Waals surface area contributed by atoms with Crippen LogP contribution in [0.15, 0.2) is 12.3 Å². The third-order valence-corrected chi connectivity index (χ3v) is 4.21. The van der Waals surface area contributed by atoms with Crippen molar-refractivity contribution in [2.75, 3.05) is 0 Å². The lowest BCUT2D eigenvalue weighted by molar-refractivity contribution is -0.141. The Morgan fingerprint density at radius 2 is 2.14 bits per heavy atom. The average Bonchev–Trinajstić information content (AvgIpc) is 3.05. The number of carboxylic acids is 1. The maximum atomic E-state index is 12.4. The highest BCUT2D eigenvalue weighted by Gasteiger charge is 2.31. The lowest BCUT2D eigenvalue weighted by Gasteiger charge is -2.13. The van der Waals surface area contributed by atoms with Crippen molar-refractivity contribution in [1.82, 2.24) is 19.9 Å². The fourth-order valence-corrected chi connectivity index (χ4v) is 2.99. The first-order chi connectivity index (χ1) is 10.5. The molecule has 0 aliphatic heterocycles. The molecule has 0 bridgehead atoms. The number of nitrogens with one attached hydrogen (secondary N) is 1. The minimum absolute atomic E-state index is 0.0944. The summed E-state index contributed by atoms with van der Waals surface area (Å²) in [7, 11) is 0. The van der Waals surface area contributed by atoms with Gasteiger partial charge < -0.3 is 10.4 Å². The molecule has 116 valence electrons. The van der Waals surface area contributed by atoms with Crippen LogP contribution in [0.2, 0.25) is 0 Å². The van der Waals surface area contributed by atoms with E-state index in [1.54, 1.807) is 10.7 Å². The Morgan fingerprint density at radius 3 is 2.82 bits per heavy atom. The molecule has 2 N–H and O–H groups in total. The van der Waals surface area contributed by atoms with Gasteiger partial charge in [-0.3, -0.25) is 9.59 Å². The van der Waals surface area contributed by atoms with Crippen molar-refractivity contribution in [2.45, 2.75) is 39.2 Å². The number of hydrogen-bond donors (Lipinski definition) is 2. The number of carboxylic acid groups (broad SMARTS) is 1. The van der Waals surface area contributed by atoms with E-state index in [-0.39, 0.29) is 17.9 Å². The van der Waals surface area contributed by atoms with Crippen LogP contribution in [0.25, 0.3) is 5.65 Å². The molecule has 1 aliphatic carbocycles. The van der Waals surface area contributed by atoms with Crippen molar-refractivity contribution in [3.05, 3.63) is 29.2 Å². The van der Waals surface area contributed by atoms with Crippen LogP contribution in [0.1, 0.15) is 41.0 Å². The normalized spacial score (nSPS) is 21.2. The number of carbonyl (C=O) groups excluding carboxylic acids is 1. The standard InChI is InChI=1S/C15H18N4O3/c1-8-5-13-16-7-12(9(2)19(13)18-8)14(20)17-11-4-3-10(6-11)15(21)22/h5,7,10-11H,3-4,6H2,1-2H3,(H,17,20)(H,21,22)/t10-,11+/m0/s1. The van der Waals surface area contributed by atoms with Crippen molar-refractivity contribution in [2.24, 2.45) is 5.92 Å². The Balaban J connectivity index is 1.78. The minimum atomic E-state index is -0.789. The van der Waals surface area contributed by atoms with Gasteiger partial charge in [-0.25, -0.2) is 9.50 Å². The van der Waals surface area contributed by atoms with Gasteiger partial charge in [0.1, 0.15) is 0 Å². The molecule has 22 heavy (non-hydrogen) atoms. The van der Waals surface area contributed by atoms with Gasteiger partial charge in [0, 0.05) is 18.3 Å². The second kappa shape index (κ2) is 5.40. The summed E-state index contributed by atoms with van der Waals surface area (Å²) in [5.74, 6) is -1.38. The number of nitrogens with zero attached hydrogens (tertiary/aromatic N) is 3. The number of amides is 1. The highest BCUT2D eigenvalue weighted by molar-refractivity contribution is 5.95. The SMILES string of the molecule is Cc1cc2ncc(C(=O)N[C@@H]3CC[C@H](C(=O)O)C3)c(C)n2n1. The van der Waals surface area contributed by atoms with E-state index in [0.717, 1.165) is 11.4 Å². The van der Waals surface area contributed by atoms with Gasteiger partial charge in [0.15, 0.2) is 5.65 Å². The van der Waals surface area contributed by atoms with Crippen LogP contribution in [-0.4, -0.2) is 37.6 Å². The Morgan fingerprint density at radius 1 is 1.36 bits per heavy atom. The second-order valence-electron chi connectivity index (χ2n) is 5.83. The van der Waals surface area contributed by atoms with Crippen LogP contribution in [0.3, 0.4) is 0 Å². The first-order valence-corrected chi connectivity index (χ1v) is 7.31. The number of carbonyl (C=O) groups is 2. The van der Waals surface area contributed by atoms with Gasteiger partial charge in [0.25, 0.3) is 5.91 Å². The topological polar surface area (TPSA) is 96.6 Å². The summed E-state index contributed by atoms with van der Waals surface area (Å²) in [6.45, 7) is 3.70. The highest BCUT2D eigenvalue weighted by Crippen LogP contribution is 2.26. The smallest absolute Gasteiger partial charge is 0.306 e. The molecule has 0 unspecified atom stereocenters. The van der Waals surface area contributed by atoms with Gasteiger partial charge in [0.2, 0.25) is 0 Å². The zero-order valence-electron chi connectivity index (χ0n) is 12.5. The van der Waals surface area contributed by atoms with Crippen LogP contribution in [0.5, 0.6) is 0 Å². The largest absolute Gasteiger partial charge is 0.481 e. The molecule has 1 fully saturated rings. The first-order valence-electron chi connectivity index (χ1n) is 7.31. The van der Waals surface area contributed by atoms with Crippen LogP contribution < -0.4 is 5.32 Å². The van der Waals surface area contributed by atoms with Crippen molar-refractivity contribution < 1.29 is 14.7 Å². The summed E-state index contributed by atoms with van der Waals surface area (Å²) >= 11 is 0. The maximum Gasteiger partial charge on any atom is 0.306 e. The number of aryl methyl sites for hydroxylation is 2. The Labute approximate surface area is 127 Å². The number of rotatable bonds is 3. The van der Waals surface area contributed by atoms with Gasteiger partial charge in [-0.2, -0.15) is 5.10 Å². The summed E-state index contributed by atoms with van der Waals surface area (Å²) in [5, 5.41) is 16.2. The predicted octanol–water partition coefficient (Wildman–Crippen LogP) is 1.33. The number of hydrogen-bond acceptors (Lipinski definition) is 4. The van der Waals surface area contributed by atoms with E-state index in [9.17, 15) is 9.59 Å². The van der Waals surface area contributed by atoms with Crippen molar-refractivity contribution in [1.29, 1.82) is 0 Å². The second-order valence-corrected chi connectivity index (χ2v) is 5.83. The predicted molar refractivity (Wildman–Crippen MR) is 78.7 cm³/mol. The molecule has 0 radical (unpaired) electrons. The van der Waals surface area contributed by atoms with E-state index in [1.165, 1.54) is 0 Å². The molecule has 2 atom stereocenters. The summed E-state index contributed by atoms with van der Waals surface area (Å²) in [5.41, 5.74) is 2.74. The molecule has 7 nitrogen and oxygen atoms in total. The molecule has 2 aromatic rings. The van der Waals surface area contributed by atoms with E-state index in [1.807, 2.05) is 19.9 Å². The molecule has 3 rings (SSSR count). The molecule has 1 amide bonds. The number of fused-ring (bicyclic) bond motifs is 1. The van der Waals surface area contributed by atoms with Gasteiger partial charge >= 0.3 is 5.97 Å². The Bertz CT molecular complexity index is 753. The molecule has 1 saturated carbocycles. The zero-order chi connectivity index (χ0) is 15.9. The monoisotopic (exact) mass is 302 g/mol. The Kier molecular flexibility index (Phi) is 3.56. The Hall–Kier alpha value is -2.44. The fourth-order valence-electron chi connectivity index (χ4n) is 2.99. The lowest BCUT2D eigenvalue weighted by Crippen LogP contribution is -2.34. The van der Waals surface area contributed by atoms with Crippen molar-refractivity contribution >= 4 is 17.5 Å². The average molecular weight is 302 g/mol. The summed E-state index contributed by atoms with van der Waals surface area (Å²) in [6.07, 6.45) is 3.33. The first kappa shape index (κ1) is 14.5. The van der Waals surface area contributed by atoms with Crippen LogP contribution >= 0.6 is 0 Å².